The average molecular weight is 468 g/mol. The number of aromatic nitrogens is 1. The molecule has 164 valence electrons. The minimum atomic E-state index is -0.316. The second-order valence-corrected chi connectivity index (χ2v) is 8.65. The fourth-order valence-electron chi connectivity index (χ4n) is 3.37. The summed E-state index contributed by atoms with van der Waals surface area (Å²) < 4.78 is 5.57. The third-order valence-electron chi connectivity index (χ3n) is 4.85. The monoisotopic (exact) mass is 467 g/mol. The van der Waals surface area contributed by atoms with Crippen molar-refractivity contribution in [3.8, 4) is 5.75 Å². The van der Waals surface area contributed by atoms with Gasteiger partial charge in [-0.2, -0.15) is 0 Å². The minimum absolute atomic E-state index is 0.147. The molecule has 0 atom stereocenters. The van der Waals surface area contributed by atoms with Gasteiger partial charge in [-0.25, -0.2) is 4.79 Å². The number of fused-ring (bicyclic) bond motifs is 1. The van der Waals surface area contributed by atoms with Crippen molar-refractivity contribution in [3.63, 3.8) is 0 Å². The summed E-state index contributed by atoms with van der Waals surface area (Å²) in [5.74, 6) is 0.729. The van der Waals surface area contributed by atoms with Crippen LogP contribution in [-0.4, -0.2) is 22.5 Å². The van der Waals surface area contributed by atoms with E-state index in [1.807, 2.05) is 48.7 Å². The molecule has 2 aromatic carbocycles. The number of pyridine rings is 1. The normalized spacial score (nSPS) is 10.8. The fourth-order valence-corrected chi connectivity index (χ4v) is 4.28. The summed E-state index contributed by atoms with van der Waals surface area (Å²) in [6.45, 7) is 3.00. The minimum Gasteiger partial charge on any atom is -0.494 e. The van der Waals surface area contributed by atoms with Gasteiger partial charge in [0, 0.05) is 32.1 Å². The van der Waals surface area contributed by atoms with E-state index in [0.717, 1.165) is 21.5 Å². The zero-order valence-electron chi connectivity index (χ0n) is 17.4. The maximum Gasteiger partial charge on any atom is 0.322 e. The maximum atomic E-state index is 13.1. The largest absolute Gasteiger partial charge is 0.494 e. The van der Waals surface area contributed by atoms with Gasteiger partial charge in [-0.05, 0) is 60.8 Å². The molecule has 0 aliphatic carbocycles. The molecule has 2 heterocycles. The molecule has 0 saturated carbocycles. The Labute approximate surface area is 194 Å². The molecule has 2 amide bonds. The molecule has 0 spiro atoms. The van der Waals surface area contributed by atoms with Gasteiger partial charge >= 0.3 is 6.03 Å². The predicted molar refractivity (Wildman–Crippen MR) is 130 cm³/mol. The number of hydrogen-bond acceptors (Lipinski definition) is 4. The molecule has 6 nitrogen and oxygen atoms in total. The van der Waals surface area contributed by atoms with Gasteiger partial charge in [0.15, 0.2) is 0 Å². The zero-order chi connectivity index (χ0) is 22.5. The van der Waals surface area contributed by atoms with E-state index in [4.69, 9.17) is 16.3 Å². The Morgan fingerprint density at radius 3 is 2.75 bits per heavy atom. The number of nitrogens with one attached hydrogen (secondary N) is 2. The van der Waals surface area contributed by atoms with Crippen LogP contribution in [0.4, 0.5) is 10.5 Å². The molecule has 2 N–H and O–H groups in total. The van der Waals surface area contributed by atoms with Crippen molar-refractivity contribution >= 4 is 45.6 Å². The lowest BCUT2D eigenvalue weighted by Crippen LogP contribution is -2.35. The van der Waals surface area contributed by atoms with Crippen molar-refractivity contribution in [2.45, 2.75) is 20.0 Å². The fraction of sp³-hybridized carbons (Fsp3) is 0.167. The number of thiophene rings is 1. The van der Waals surface area contributed by atoms with Crippen LogP contribution in [-0.2, 0) is 13.1 Å². The first-order valence-corrected chi connectivity index (χ1v) is 11.4. The Morgan fingerprint density at radius 2 is 2.00 bits per heavy atom. The van der Waals surface area contributed by atoms with Crippen LogP contribution in [0, 0.1) is 0 Å². The maximum absolute atomic E-state index is 13.1. The van der Waals surface area contributed by atoms with Crippen LogP contribution in [0.15, 0.2) is 70.8 Å². The van der Waals surface area contributed by atoms with Crippen molar-refractivity contribution in [1.82, 2.24) is 9.88 Å². The van der Waals surface area contributed by atoms with Gasteiger partial charge in [0.2, 0.25) is 0 Å². The summed E-state index contributed by atoms with van der Waals surface area (Å²) >= 11 is 7.60. The number of urea groups is 1. The molecule has 0 fully saturated rings. The van der Waals surface area contributed by atoms with E-state index in [1.54, 1.807) is 40.5 Å². The van der Waals surface area contributed by atoms with Crippen molar-refractivity contribution in [2.75, 3.05) is 11.9 Å². The topological polar surface area (TPSA) is 74.4 Å². The van der Waals surface area contributed by atoms with Crippen LogP contribution in [0.1, 0.15) is 17.4 Å². The van der Waals surface area contributed by atoms with Crippen molar-refractivity contribution in [3.05, 3.63) is 91.9 Å². The van der Waals surface area contributed by atoms with Gasteiger partial charge in [-0.1, -0.05) is 23.7 Å². The van der Waals surface area contributed by atoms with Crippen LogP contribution in [0.5, 0.6) is 5.75 Å². The first-order valence-electron chi connectivity index (χ1n) is 10.1. The third-order valence-corrected chi connectivity index (χ3v) is 5.95. The summed E-state index contributed by atoms with van der Waals surface area (Å²) in [5.41, 5.74) is 1.57. The van der Waals surface area contributed by atoms with E-state index < -0.39 is 0 Å². The van der Waals surface area contributed by atoms with E-state index in [9.17, 15) is 9.59 Å². The lowest BCUT2D eigenvalue weighted by Gasteiger charge is -2.23. The SMILES string of the molecule is CCOc1ccc2[nH]c(=O)c(CN(Cc3cccs3)C(=O)Nc3cccc(Cl)c3)cc2c1. The second kappa shape index (κ2) is 9.89. The number of halogens is 1. The van der Waals surface area contributed by atoms with Gasteiger partial charge in [-0.15, -0.1) is 11.3 Å². The number of carbonyl (C=O) groups excluding carboxylic acids is 1. The molecule has 0 unspecified atom stereocenters. The molecule has 8 heteroatoms. The van der Waals surface area contributed by atoms with E-state index in [0.29, 0.717) is 29.4 Å². The summed E-state index contributed by atoms with van der Waals surface area (Å²) in [6, 6.07) is 17.9. The highest BCUT2D eigenvalue weighted by atomic mass is 35.5. The Hall–Kier alpha value is -3.29. The second-order valence-electron chi connectivity index (χ2n) is 7.18. The molecule has 0 radical (unpaired) electrons. The molecule has 4 rings (SSSR count). The van der Waals surface area contributed by atoms with Crippen LogP contribution in [0.2, 0.25) is 5.02 Å². The highest BCUT2D eigenvalue weighted by molar-refractivity contribution is 7.09. The molecule has 4 aromatic rings. The number of rotatable bonds is 7. The molecule has 2 aromatic heterocycles. The molecule has 0 saturated heterocycles. The molecule has 0 aliphatic heterocycles. The van der Waals surface area contributed by atoms with Crippen LogP contribution in [0.25, 0.3) is 10.9 Å². The molecule has 32 heavy (non-hydrogen) atoms. The van der Waals surface area contributed by atoms with Gasteiger partial charge < -0.3 is 19.9 Å². The van der Waals surface area contributed by atoms with E-state index in [2.05, 4.69) is 10.3 Å². The van der Waals surface area contributed by atoms with Crippen molar-refractivity contribution in [2.24, 2.45) is 0 Å². The zero-order valence-corrected chi connectivity index (χ0v) is 19.0. The van der Waals surface area contributed by atoms with Crippen LogP contribution >= 0.6 is 22.9 Å². The molecule has 0 aliphatic rings. The number of benzene rings is 2. The van der Waals surface area contributed by atoms with E-state index >= 15 is 0 Å². The third kappa shape index (κ3) is 5.30. The molecule has 0 bridgehead atoms. The standard InChI is InChI=1S/C24H22ClN3O3S/c1-2-31-20-8-9-22-16(12-20)11-17(23(29)27-22)14-28(15-21-7-4-10-32-21)24(30)26-19-6-3-5-18(25)13-19/h3-13H,2,14-15H2,1H3,(H,26,30)(H,27,29). The summed E-state index contributed by atoms with van der Waals surface area (Å²) in [5, 5.41) is 6.21. The lowest BCUT2D eigenvalue weighted by molar-refractivity contribution is 0.207. The number of H-pyrrole nitrogens is 1. The van der Waals surface area contributed by atoms with Gasteiger partial charge in [0.05, 0.1) is 19.7 Å². The molecular formula is C24H22ClN3O3S. The number of aromatic amines is 1. The number of hydrogen-bond donors (Lipinski definition) is 2. The predicted octanol–water partition coefficient (Wildman–Crippen LogP) is 5.88. The van der Waals surface area contributed by atoms with Gasteiger partial charge in [0.25, 0.3) is 5.56 Å². The number of carbonyl (C=O) groups is 1. The van der Waals surface area contributed by atoms with Crippen molar-refractivity contribution in [1.29, 1.82) is 0 Å². The Kier molecular flexibility index (Phi) is 6.78. The lowest BCUT2D eigenvalue weighted by atomic mass is 10.1. The number of anilines is 1. The Morgan fingerprint density at radius 1 is 1.12 bits per heavy atom. The van der Waals surface area contributed by atoms with Crippen LogP contribution < -0.4 is 15.6 Å². The highest BCUT2D eigenvalue weighted by Crippen LogP contribution is 2.21. The van der Waals surface area contributed by atoms with E-state index in [1.165, 1.54) is 0 Å². The molecular weight excluding hydrogens is 446 g/mol. The number of amides is 2. The Bertz CT molecular complexity index is 1290. The highest BCUT2D eigenvalue weighted by Gasteiger charge is 2.18. The van der Waals surface area contributed by atoms with Crippen LogP contribution in [0.3, 0.4) is 0 Å². The van der Waals surface area contributed by atoms with Gasteiger partial charge in [-0.3, -0.25) is 4.79 Å². The average Bonchev–Trinajstić information content (AvgIpc) is 3.27. The smallest absolute Gasteiger partial charge is 0.322 e. The van der Waals surface area contributed by atoms with Gasteiger partial charge in [0.1, 0.15) is 5.75 Å². The summed E-state index contributed by atoms with van der Waals surface area (Å²) in [6.07, 6.45) is 0. The first kappa shape index (κ1) is 21.9. The first-order chi connectivity index (χ1) is 15.5. The number of ether oxygens (including phenoxy) is 1. The summed E-state index contributed by atoms with van der Waals surface area (Å²) in [7, 11) is 0. The van der Waals surface area contributed by atoms with Crippen molar-refractivity contribution < 1.29 is 9.53 Å². The number of nitrogens with zero attached hydrogens (tertiary/aromatic N) is 1. The Balaban J connectivity index is 1.63. The van der Waals surface area contributed by atoms with E-state index in [-0.39, 0.29) is 18.1 Å². The summed E-state index contributed by atoms with van der Waals surface area (Å²) in [4.78, 5) is 31.4. The quantitative estimate of drug-likeness (QED) is 0.356.